The van der Waals surface area contributed by atoms with Gasteiger partial charge >= 0.3 is 5.97 Å². The molecule has 2 aromatic carbocycles. The molecule has 192 valence electrons. The summed E-state index contributed by atoms with van der Waals surface area (Å²) in [6, 6.07) is 16.3. The third-order valence-corrected chi connectivity index (χ3v) is 8.13. The predicted molar refractivity (Wildman–Crippen MR) is 143 cm³/mol. The van der Waals surface area contributed by atoms with Crippen LogP contribution in [0, 0.1) is 6.92 Å². The summed E-state index contributed by atoms with van der Waals surface area (Å²) in [5.41, 5.74) is 3.06. The first-order chi connectivity index (χ1) is 17.5. The van der Waals surface area contributed by atoms with Gasteiger partial charge in [-0.05, 0) is 63.8 Å². The monoisotopic (exact) mass is 527 g/mol. The smallest absolute Gasteiger partial charge is 0.347 e. The normalized spacial score (nSPS) is 16.5. The summed E-state index contributed by atoms with van der Waals surface area (Å²) in [4.78, 5) is 19.2. The van der Waals surface area contributed by atoms with E-state index in [9.17, 15) is 4.79 Å². The van der Waals surface area contributed by atoms with Gasteiger partial charge in [-0.25, -0.2) is 9.78 Å². The van der Waals surface area contributed by atoms with Crippen LogP contribution in [0.1, 0.15) is 49.2 Å². The van der Waals surface area contributed by atoms with Crippen LogP contribution < -0.4 is 4.74 Å². The maximum Gasteiger partial charge on any atom is 0.347 e. The van der Waals surface area contributed by atoms with Crippen molar-refractivity contribution in [2.45, 2.75) is 69.7 Å². The Morgan fingerprint density at radius 1 is 1.22 bits per heavy atom. The van der Waals surface area contributed by atoms with Crippen LogP contribution >= 0.6 is 23.1 Å². The van der Waals surface area contributed by atoms with Crippen LogP contribution in [-0.4, -0.2) is 36.6 Å². The van der Waals surface area contributed by atoms with Crippen molar-refractivity contribution in [1.82, 2.24) is 4.98 Å². The minimum Gasteiger partial charge on any atom is -0.479 e. The first kappa shape index (κ1) is 26.7. The number of esters is 1. The Balaban J connectivity index is 1.44. The molecule has 36 heavy (non-hydrogen) atoms. The Hall–Kier alpha value is -2.39. The van der Waals surface area contributed by atoms with E-state index in [2.05, 4.69) is 18.2 Å². The van der Waals surface area contributed by atoms with E-state index in [1.807, 2.05) is 37.3 Å². The molecule has 2 heterocycles. The lowest BCUT2D eigenvalue weighted by molar-refractivity contribution is -0.169. The molecule has 8 heteroatoms. The van der Waals surface area contributed by atoms with Crippen LogP contribution in [0.25, 0.3) is 10.6 Å². The van der Waals surface area contributed by atoms with Gasteiger partial charge in [-0.1, -0.05) is 30.3 Å². The van der Waals surface area contributed by atoms with E-state index in [1.165, 1.54) is 4.88 Å². The number of ether oxygens (including phenoxy) is 4. The molecule has 1 aliphatic rings. The number of hydrogen-bond acceptors (Lipinski definition) is 8. The molecule has 1 aromatic heterocycles. The largest absolute Gasteiger partial charge is 0.479 e. The van der Waals surface area contributed by atoms with Gasteiger partial charge in [-0.3, -0.25) is 0 Å². The molecule has 0 radical (unpaired) electrons. The summed E-state index contributed by atoms with van der Waals surface area (Å²) in [6.45, 7) is 7.02. The molecular formula is C28H33NO5S2. The fourth-order valence-corrected chi connectivity index (χ4v) is 5.99. The topological polar surface area (TPSA) is 66.9 Å². The molecule has 4 rings (SSSR count). The van der Waals surface area contributed by atoms with Gasteiger partial charge in [0.25, 0.3) is 0 Å². The minimum atomic E-state index is -0.647. The second kappa shape index (κ2) is 13.2. The minimum absolute atomic E-state index is 0.145. The second-order valence-electron chi connectivity index (χ2n) is 8.59. The molecule has 0 spiro atoms. The van der Waals surface area contributed by atoms with Crippen molar-refractivity contribution in [3.63, 3.8) is 0 Å². The third-order valence-electron chi connectivity index (χ3n) is 5.78. The predicted octanol–water partition coefficient (Wildman–Crippen LogP) is 6.78. The molecule has 1 aliphatic heterocycles. The summed E-state index contributed by atoms with van der Waals surface area (Å²) in [5, 5.41) is 1.00. The number of hydrogen-bond donors (Lipinski definition) is 0. The van der Waals surface area contributed by atoms with Crippen LogP contribution in [0.15, 0.2) is 53.4 Å². The van der Waals surface area contributed by atoms with Crippen molar-refractivity contribution in [2.75, 3.05) is 13.2 Å². The summed E-state index contributed by atoms with van der Waals surface area (Å²) < 4.78 is 22.7. The Labute approximate surface area is 221 Å². The number of rotatable bonds is 11. The van der Waals surface area contributed by atoms with Gasteiger partial charge in [0.1, 0.15) is 10.8 Å². The summed E-state index contributed by atoms with van der Waals surface area (Å²) in [6.07, 6.45) is 2.38. The Morgan fingerprint density at radius 3 is 2.78 bits per heavy atom. The van der Waals surface area contributed by atoms with Crippen molar-refractivity contribution in [1.29, 1.82) is 0 Å². The number of benzene rings is 2. The van der Waals surface area contributed by atoms with Gasteiger partial charge in [0.15, 0.2) is 12.4 Å². The molecule has 1 saturated heterocycles. The molecule has 0 bridgehead atoms. The van der Waals surface area contributed by atoms with Crippen molar-refractivity contribution in [3.05, 3.63) is 64.7 Å². The van der Waals surface area contributed by atoms with Crippen molar-refractivity contribution < 1.29 is 23.7 Å². The molecule has 1 fully saturated rings. The van der Waals surface area contributed by atoms with Crippen molar-refractivity contribution >= 4 is 29.1 Å². The molecule has 6 nitrogen and oxygen atoms in total. The van der Waals surface area contributed by atoms with Crippen LogP contribution in [0.4, 0.5) is 0 Å². The molecule has 2 unspecified atom stereocenters. The maximum atomic E-state index is 11.9. The molecule has 3 aromatic rings. The third kappa shape index (κ3) is 7.32. The zero-order chi connectivity index (χ0) is 25.3. The van der Waals surface area contributed by atoms with E-state index in [1.54, 1.807) is 36.9 Å². The summed E-state index contributed by atoms with van der Waals surface area (Å²) in [5.74, 6) is 1.11. The Morgan fingerprint density at radius 2 is 2.06 bits per heavy atom. The summed E-state index contributed by atoms with van der Waals surface area (Å²) >= 11 is 3.46. The van der Waals surface area contributed by atoms with Crippen LogP contribution in [-0.2, 0) is 31.4 Å². The number of aryl methyl sites for hydroxylation is 1. The zero-order valence-corrected chi connectivity index (χ0v) is 22.7. The van der Waals surface area contributed by atoms with Gasteiger partial charge in [-0.15, -0.1) is 23.1 Å². The first-order valence-electron chi connectivity index (χ1n) is 12.4. The lowest BCUT2D eigenvalue weighted by Crippen LogP contribution is -2.26. The number of carbonyl (C=O) groups excluding carboxylic acids is 1. The summed E-state index contributed by atoms with van der Waals surface area (Å²) in [7, 11) is 0. The fraction of sp³-hybridized carbons (Fsp3) is 0.429. The molecular weight excluding hydrogens is 494 g/mol. The highest BCUT2D eigenvalue weighted by Gasteiger charge is 2.19. The van der Waals surface area contributed by atoms with Crippen LogP contribution in [0.5, 0.6) is 5.75 Å². The van der Waals surface area contributed by atoms with Gasteiger partial charge in [0, 0.05) is 27.7 Å². The average molecular weight is 528 g/mol. The molecule has 2 atom stereocenters. The van der Waals surface area contributed by atoms with E-state index in [4.69, 9.17) is 23.9 Å². The first-order valence-corrected chi connectivity index (χ1v) is 14.2. The van der Waals surface area contributed by atoms with Crippen molar-refractivity contribution in [3.8, 4) is 16.3 Å². The molecule has 0 aliphatic carbocycles. The lowest BCUT2D eigenvalue weighted by Gasteiger charge is -2.22. The maximum absolute atomic E-state index is 11.9. The Bertz CT molecular complexity index is 1130. The number of carbonyl (C=O) groups is 1. The SMILES string of the molecule is CCOC(=O)C(C)Oc1ccc(SCc2sc(-c3ccccc3)nc2COC2CCCCO2)cc1C. The van der Waals surface area contributed by atoms with E-state index >= 15 is 0 Å². The van der Waals surface area contributed by atoms with E-state index in [0.717, 1.165) is 58.3 Å². The second-order valence-corrected chi connectivity index (χ2v) is 10.7. The average Bonchev–Trinajstić information content (AvgIpc) is 3.32. The highest BCUT2D eigenvalue weighted by atomic mass is 32.2. The van der Waals surface area contributed by atoms with Gasteiger partial charge in [0.2, 0.25) is 0 Å². The van der Waals surface area contributed by atoms with E-state index in [-0.39, 0.29) is 12.3 Å². The van der Waals surface area contributed by atoms with Crippen LogP contribution in [0.3, 0.4) is 0 Å². The quantitative estimate of drug-likeness (QED) is 0.201. The number of thiazole rings is 1. The number of aromatic nitrogens is 1. The fourth-order valence-electron chi connectivity index (χ4n) is 3.82. The highest BCUT2D eigenvalue weighted by molar-refractivity contribution is 7.98. The highest BCUT2D eigenvalue weighted by Crippen LogP contribution is 2.35. The number of nitrogens with zero attached hydrogens (tertiary/aromatic N) is 1. The van der Waals surface area contributed by atoms with E-state index < -0.39 is 6.10 Å². The zero-order valence-electron chi connectivity index (χ0n) is 21.0. The van der Waals surface area contributed by atoms with Crippen molar-refractivity contribution in [2.24, 2.45) is 0 Å². The molecule has 0 amide bonds. The van der Waals surface area contributed by atoms with Crippen LogP contribution in [0.2, 0.25) is 0 Å². The van der Waals surface area contributed by atoms with Gasteiger partial charge in [-0.2, -0.15) is 0 Å². The lowest BCUT2D eigenvalue weighted by atomic mass is 10.2. The number of thioether (sulfide) groups is 1. The van der Waals surface area contributed by atoms with Gasteiger partial charge < -0.3 is 18.9 Å². The van der Waals surface area contributed by atoms with E-state index in [0.29, 0.717) is 19.0 Å². The molecule has 0 N–H and O–H groups in total. The standard InChI is InChI=1S/C28H33NO5S2/c1-4-31-28(30)20(3)34-24-14-13-22(16-19(24)2)35-18-25-23(17-33-26-12-8-9-15-32-26)29-27(36-25)21-10-6-5-7-11-21/h5-7,10-11,13-14,16,20,26H,4,8-9,12,15,17-18H2,1-3H3. The Kier molecular flexibility index (Phi) is 9.81. The molecule has 0 saturated carbocycles. The van der Waals surface area contributed by atoms with Gasteiger partial charge in [0.05, 0.1) is 18.9 Å².